The monoisotopic (exact) mass is 506 g/mol. The van der Waals surface area contributed by atoms with Crippen LogP contribution in [-0.2, 0) is 20.0 Å². The number of aryl methyl sites for hydroxylation is 2. The average molecular weight is 507 g/mol. The molecule has 35 heavy (non-hydrogen) atoms. The van der Waals surface area contributed by atoms with E-state index in [4.69, 9.17) is 4.42 Å². The van der Waals surface area contributed by atoms with Crippen molar-refractivity contribution in [3.63, 3.8) is 0 Å². The van der Waals surface area contributed by atoms with Gasteiger partial charge in [0.15, 0.2) is 0 Å². The Morgan fingerprint density at radius 1 is 0.571 bits per heavy atom. The smallest absolute Gasteiger partial charge is 0.261 e. The highest BCUT2D eigenvalue weighted by molar-refractivity contribution is 7.93. The van der Waals surface area contributed by atoms with Gasteiger partial charge >= 0.3 is 0 Å². The van der Waals surface area contributed by atoms with Crippen molar-refractivity contribution in [1.29, 1.82) is 0 Å². The van der Waals surface area contributed by atoms with Gasteiger partial charge in [0.25, 0.3) is 20.0 Å². The molecule has 1 aromatic heterocycles. The summed E-state index contributed by atoms with van der Waals surface area (Å²) in [5.41, 5.74) is 3.67. The zero-order valence-corrected chi connectivity index (χ0v) is 20.6. The van der Waals surface area contributed by atoms with Crippen molar-refractivity contribution in [2.24, 2.45) is 0 Å². The van der Waals surface area contributed by atoms with Gasteiger partial charge in [-0.1, -0.05) is 24.3 Å². The normalized spacial score (nSPS) is 12.2. The largest absolute Gasteiger partial charge is 0.456 e. The summed E-state index contributed by atoms with van der Waals surface area (Å²) in [4.78, 5) is 0.0840. The highest BCUT2D eigenvalue weighted by atomic mass is 32.2. The molecule has 0 aliphatic rings. The summed E-state index contributed by atoms with van der Waals surface area (Å²) in [6.07, 6.45) is 0. The molecule has 178 valence electrons. The van der Waals surface area contributed by atoms with Crippen LogP contribution in [0.25, 0.3) is 21.9 Å². The first-order chi connectivity index (χ1) is 16.6. The van der Waals surface area contributed by atoms with Crippen LogP contribution in [0.1, 0.15) is 11.1 Å². The Bertz CT molecular complexity index is 1670. The molecule has 0 bridgehead atoms. The summed E-state index contributed by atoms with van der Waals surface area (Å²) in [5.74, 6) is 0. The van der Waals surface area contributed by atoms with Crippen LogP contribution in [0.15, 0.2) is 99.1 Å². The third-order valence-electron chi connectivity index (χ3n) is 5.57. The van der Waals surface area contributed by atoms with Gasteiger partial charge < -0.3 is 4.42 Å². The van der Waals surface area contributed by atoms with E-state index < -0.39 is 20.0 Å². The van der Waals surface area contributed by atoms with Gasteiger partial charge in [0.2, 0.25) is 0 Å². The van der Waals surface area contributed by atoms with Crippen molar-refractivity contribution in [2.45, 2.75) is 23.6 Å². The van der Waals surface area contributed by atoms with Crippen LogP contribution in [0.2, 0.25) is 0 Å². The zero-order valence-electron chi connectivity index (χ0n) is 18.9. The lowest BCUT2D eigenvalue weighted by atomic mass is 10.1. The van der Waals surface area contributed by atoms with Crippen LogP contribution in [-0.4, -0.2) is 16.8 Å². The summed E-state index contributed by atoms with van der Waals surface area (Å²) in [6, 6.07) is 23.2. The van der Waals surface area contributed by atoms with Crippen molar-refractivity contribution in [3.8, 4) is 0 Å². The first kappa shape index (κ1) is 22.9. The lowest BCUT2D eigenvalue weighted by molar-refractivity contribution is 0.599. The Hall–Kier alpha value is -3.82. The fourth-order valence-electron chi connectivity index (χ4n) is 3.92. The second-order valence-electron chi connectivity index (χ2n) is 8.37. The summed E-state index contributed by atoms with van der Waals surface area (Å²) in [5, 5.41) is 0.999. The predicted molar refractivity (Wildman–Crippen MR) is 138 cm³/mol. The topological polar surface area (TPSA) is 105 Å². The van der Waals surface area contributed by atoms with Crippen LogP contribution in [0.3, 0.4) is 0 Å². The Morgan fingerprint density at radius 2 is 1.00 bits per heavy atom. The van der Waals surface area contributed by atoms with E-state index in [0.29, 0.717) is 33.3 Å². The molecule has 5 rings (SSSR count). The minimum absolute atomic E-state index is 0.0420. The molecule has 0 saturated heterocycles. The van der Waals surface area contributed by atoms with Crippen LogP contribution < -0.4 is 9.44 Å². The Labute approximate surface area is 203 Å². The van der Waals surface area contributed by atoms with Crippen molar-refractivity contribution >= 4 is 53.4 Å². The van der Waals surface area contributed by atoms with Gasteiger partial charge in [-0.25, -0.2) is 16.8 Å². The molecule has 5 aromatic rings. The van der Waals surface area contributed by atoms with Gasteiger partial charge in [0, 0.05) is 22.1 Å². The van der Waals surface area contributed by atoms with E-state index >= 15 is 0 Å². The maximum absolute atomic E-state index is 13.0. The van der Waals surface area contributed by atoms with Gasteiger partial charge in [-0.2, -0.15) is 0 Å². The first-order valence-corrected chi connectivity index (χ1v) is 13.7. The number of hydrogen-bond acceptors (Lipinski definition) is 5. The molecule has 0 radical (unpaired) electrons. The van der Waals surface area contributed by atoms with E-state index in [1.54, 1.807) is 48.5 Å². The SMILES string of the molecule is Cc1cccc(NS(=O)(=O)c2ccc3oc4ccc(S(=O)(=O)Nc5cccc(C)c5)cc4c3c2)c1. The molecule has 2 N–H and O–H groups in total. The molecule has 0 atom stereocenters. The maximum atomic E-state index is 13.0. The van der Waals surface area contributed by atoms with E-state index in [9.17, 15) is 16.8 Å². The molecule has 0 aliphatic heterocycles. The maximum Gasteiger partial charge on any atom is 0.261 e. The van der Waals surface area contributed by atoms with E-state index in [1.165, 1.54) is 24.3 Å². The van der Waals surface area contributed by atoms with E-state index in [2.05, 4.69) is 9.44 Å². The van der Waals surface area contributed by atoms with Crippen molar-refractivity contribution < 1.29 is 21.3 Å². The fraction of sp³-hybridized carbons (Fsp3) is 0.0769. The molecule has 0 unspecified atom stereocenters. The van der Waals surface area contributed by atoms with Gasteiger partial charge in [0.1, 0.15) is 11.2 Å². The predicted octanol–water partition coefficient (Wildman–Crippen LogP) is 5.80. The number of anilines is 2. The van der Waals surface area contributed by atoms with Gasteiger partial charge in [0.05, 0.1) is 9.79 Å². The number of hydrogen-bond donors (Lipinski definition) is 2. The molecule has 7 nitrogen and oxygen atoms in total. The molecule has 1 heterocycles. The minimum Gasteiger partial charge on any atom is -0.456 e. The summed E-state index contributed by atoms with van der Waals surface area (Å²) >= 11 is 0. The molecule has 9 heteroatoms. The quantitative estimate of drug-likeness (QED) is 0.303. The van der Waals surface area contributed by atoms with Crippen molar-refractivity contribution in [3.05, 3.63) is 96.1 Å². The molecule has 0 aliphatic carbocycles. The van der Waals surface area contributed by atoms with Crippen molar-refractivity contribution in [2.75, 3.05) is 9.44 Å². The van der Waals surface area contributed by atoms with Gasteiger partial charge in [-0.05, 0) is 85.6 Å². The van der Waals surface area contributed by atoms with E-state index in [1.807, 2.05) is 26.0 Å². The molecular formula is C26H22N2O5S2. The summed E-state index contributed by atoms with van der Waals surface area (Å²) in [6.45, 7) is 3.75. The number of furan rings is 1. The lowest BCUT2D eigenvalue weighted by Gasteiger charge is -2.09. The molecule has 0 saturated carbocycles. The summed E-state index contributed by atoms with van der Waals surface area (Å²) in [7, 11) is -7.75. The van der Waals surface area contributed by atoms with Gasteiger partial charge in [-0.3, -0.25) is 9.44 Å². The number of rotatable bonds is 6. The average Bonchev–Trinajstić information content (AvgIpc) is 3.16. The lowest BCUT2D eigenvalue weighted by Crippen LogP contribution is -2.13. The Kier molecular flexibility index (Phi) is 5.53. The van der Waals surface area contributed by atoms with E-state index in [-0.39, 0.29) is 9.79 Å². The Balaban J connectivity index is 1.55. The number of benzene rings is 4. The van der Waals surface area contributed by atoms with Crippen LogP contribution >= 0.6 is 0 Å². The highest BCUT2D eigenvalue weighted by Crippen LogP contribution is 2.33. The number of sulfonamides is 2. The second-order valence-corrected chi connectivity index (χ2v) is 11.7. The third-order valence-corrected chi connectivity index (χ3v) is 8.33. The molecule has 0 fully saturated rings. The first-order valence-electron chi connectivity index (χ1n) is 10.8. The minimum atomic E-state index is -3.87. The Morgan fingerprint density at radius 3 is 1.40 bits per heavy atom. The second kappa shape index (κ2) is 8.44. The molecule has 0 amide bonds. The molecule has 0 spiro atoms. The standard InChI is InChI=1S/C26H22N2O5S2/c1-17-5-3-7-19(13-17)27-34(29,30)21-9-11-25-23(15-21)24-16-22(10-12-26(24)33-25)35(31,32)28-20-8-4-6-18(2)14-20/h3-16,27-28H,1-2H3. The van der Waals surface area contributed by atoms with Crippen LogP contribution in [0.5, 0.6) is 0 Å². The van der Waals surface area contributed by atoms with E-state index in [0.717, 1.165) is 11.1 Å². The third kappa shape index (κ3) is 4.60. The summed E-state index contributed by atoms with van der Waals surface area (Å²) < 4.78 is 63.1. The molecular weight excluding hydrogens is 484 g/mol. The van der Waals surface area contributed by atoms with Crippen molar-refractivity contribution in [1.82, 2.24) is 0 Å². The number of fused-ring (bicyclic) bond motifs is 3. The van der Waals surface area contributed by atoms with Gasteiger partial charge in [-0.15, -0.1) is 0 Å². The van der Waals surface area contributed by atoms with Crippen LogP contribution in [0, 0.1) is 13.8 Å². The number of nitrogens with one attached hydrogen (secondary N) is 2. The van der Waals surface area contributed by atoms with Crippen LogP contribution in [0.4, 0.5) is 11.4 Å². The zero-order chi connectivity index (χ0) is 24.8. The fourth-order valence-corrected chi connectivity index (χ4v) is 6.07. The molecule has 4 aromatic carbocycles. The highest BCUT2D eigenvalue weighted by Gasteiger charge is 2.20.